The number of aryl methyl sites for hydroxylation is 2. The van der Waals surface area contributed by atoms with E-state index in [4.69, 9.17) is 23.2 Å². The molecule has 0 saturated heterocycles. The molecule has 8 heteroatoms. The highest BCUT2D eigenvalue weighted by atomic mass is 35.5. The summed E-state index contributed by atoms with van der Waals surface area (Å²) in [4.78, 5) is 12.6. The third-order valence-electron chi connectivity index (χ3n) is 4.56. The van der Waals surface area contributed by atoms with Crippen LogP contribution in [0.5, 0.6) is 0 Å². The van der Waals surface area contributed by atoms with Gasteiger partial charge in [0, 0.05) is 0 Å². The summed E-state index contributed by atoms with van der Waals surface area (Å²) in [6.07, 6.45) is 1.73. The normalized spacial score (nSPS) is 12.5. The van der Waals surface area contributed by atoms with Crippen LogP contribution in [0.4, 0.5) is 5.69 Å². The molecule has 5 nitrogen and oxygen atoms in total. The van der Waals surface area contributed by atoms with Crippen molar-refractivity contribution in [2.45, 2.75) is 33.2 Å². The van der Waals surface area contributed by atoms with Gasteiger partial charge in [0.15, 0.2) is 0 Å². The molecule has 0 fully saturated rings. The minimum atomic E-state index is -3.69. The Morgan fingerprint density at radius 1 is 1.07 bits per heavy atom. The summed E-state index contributed by atoms with van der Waals surface area (Å²) in [7, 11) is -3.69. The monoisotopic (exact) mass is 442 g/mol. The predicted octanol–water partition coefficient (Wildman–Crippen LogP) is 4.64. The molecule has 2 aromatic rings. The van der Waals surface area contributed by atoms with Crippen molar-refractivity contribution in [1.29, 1.82) is 0 Å². The zero-order valence-corrected chi connectivity index (χ0v) is 18.6. The Morgan fingerprint density at radius 3 is 2.29 bits per heavy atom. The van der Waals surface area contributed by atoms with Crippen LogP contribution in [0.25, 0.3) is 0 Å². The number of halogens is 2. The second-order valence-corrected chi connectivity index (χ2v) is 9.46. The maximum atomic E-state index is 12.6. The second-order valence-electron chi connectivity index (χ2n) is 6.74. The van der Waals surface area contributed by atoms with Crippen LogP contribution >= 0.6 is 23.2 Å². The van der Waals surface area contributed by atoms with Gasteiger partial charge in [-0.1, -0.05) is 48.3 Å². The van der Waals surface area contributed by atoms with Crippen LogP contribution in [-0.4, -0.2) is 27.1 Å². The Balaban J connectivity index is 2.22. The van der Waals surface area contributed by atoms with Crippen LogP contribution in [0.15, 0.2) is 36.4 Å². The van der Waals surface area contributed by atoms with E-state index in [1.807, 2.05) is 39.0 Å². The van der Waals surface area contributed by atoms with Gasteiger partial charge in [-0.15, -0.1) is 0 Å². The lowest BCUT2D eigenvalue weighted by atomic mass is 9.99. The number of hydrogen-bond donors (Lipinski definition) is 1. The van der Waals surface area contributed by atoms with E-state index in [0.29, 0.717) is 11.4 Å². The second kappa shape index (κ2) is 9.16. The molecule has 0 unspecified atom stereocenters. The van der Waals surface area contributed by atoms with E-state index >= 15 is 0 Å². The van der Waals surface area contributed by atoms with E-state index in [1.165, 1.54) is 23.8 Å². The van der Waals surface area contributed by atoms with Crippen molar-refractivity contribution in [3.8, 4) is 0 Å². The summed E-state index contributed by atoms with van der Waals surface area (Å²) in [6.45, 7) is 5.66. The average molecular weight is 443 g/mol. The van der Waals surface area contributed by atoms with Crippen LogP contribution in [0.1, 0.15) is 36.1 Å². The van der Waals surface area contributed by atoms with E-state index in [1.54, 1.807) is 0 Å². The Bertz CT molecular complexity index is 977. The Hall–Kier alpha value is -1.76. The van der Waals surface area contributed by atoms with E-state index in [0.717, 1.165) is 21.7 Å². The predicted molar refractivity (Wildman–Crippen MR) is 116 cm³/mol. The first-order chi connectivity index (χ1) is 13.0. The van der Waals surface area contributed by atoms with Crippen molar-refractivity contribution in [3.05, 3.63) is 63.1 Å². The lowest BCUT2D eigenvalue weighted by Crippen LogP contribution is -2.41. The van der Waals surface area contributed by atoms with Crippen LogP contribution in [-0.2, 0) is 14.8 Å². The molecule has 0 spiro atoms. The third-order valence-corrected chi connectivity index (χ3v) is 6.44. The molecule has 1 N–H and O–H groups in total. The molecule has 2 rings (SSSR count). The van der Waals surface area contributed by atoms with E-state index in [-0.39, 0.29) is 23.3 Å². The highest BCUT2D eigenvalue weighted by molar-refractivity contribution is 7.92. The molecule has 0 aliphatic heterocycles. The fourth-order valence-electron chi connectivity index (χ4n) is 2.81. The molecule has 0 heterocycles. The number of anilines is 1. The fraction of sp³-hybridized carbons (Fsp3) is 0.350. The number of sulfonamides is 1. The largest absolute Gasteiger partial charge is 0.348 e. The maximum Gasteiger partial charge on any atom is 0.241 e. The molecule has 0 aliphatic carbocycles. The van der Waals surface area contributed by atoms with Gasteiger partial charge < -0.3 is 5.32 Å². The molecular weight excluding hydrogens is 419 g/mol. The lowest BCUT2D eigenvalue weighted by Gasteiger charge is -2.24. The van der Waals surface area contributed by atoms with Gasteiger partial charge in [0.25, 0.3) is 0 Å². The van der Waals surface area contributed by atoms with Gasteiger partial charge in [0.2, 0.25) is 15.9 Å². The number of benzene rings is 2. The lowest BCUT2D eigenvalue weighted by molar-refractivity contribution is -0.120. The number of rotatable bonds is 7. The van der Waals surface area contributed by atoms with Gasteiger partial charge in [0.05, 0.1) is 28.0 Å². The van der Waals surface area contributed by atoms with Crippen LogP contribution in [0.2, 0.25) is 10.0 Å². The summed E-state index contributed by atoms with van der Waals surface area (Å²) in [5, 5.41) is 3.45. The SMILES string of the molecule is CC[C@@H](NC(=O)CN(c1ccc(Cl)c(Cl)c1)S(C)(=O)=O)c1ccc(C)c(C)c1. The van der Waals surface area contributed by atoms with Gasteiger partial charge >= 0.3 is 0 Å². The molecule has 152 valence electrons. The summed E-state index contributed by atoms with van der Waals surface area (Å²) in [5.41, 5.74) is 3.58. The Morgan fingerprint density at radius 2 is 1.75 bits per heavy atom. The van der Waals surface area contributed by atoms with Gasteiger partial charge in [-0.3, -0.25) is 9.10 Å². The number of nitrogens with zero attached hydrogens (tertiary/aromatic N) is 1. The van der Waals surface area contributed by atoms with Crippen molar-refractivity contribution < 1.29 is 13.2 Å². The van der Waals surface area contributed by atoms with Gasteiger partial charge in [-0.2, -0.15) is 0 Å². The van der Waals surface area contributed by atoms with E-state index in [2.05, 4.69) is 5.32 Å². The first-order valence-corrected chi connectivity index (χ1v) is 11.4. The maximum absolute atomic E-state index is 12.6. The first-order valence-electron chi connectivity index (χ1n) is 8.82. The van der Waals surface area contributed by atoms with Crippen molar-refractivity contribution in [3.63, 3.8) is 0 Å². The smallest absolute Gasteiger partial charge is 0.241 e. The number of amides is 1. The Kier molecular flexibility index (Phi) is 7.37. The van der Waals surface area contributed by atoms with Crippen molar-refractivity contribution in [2.24, 2.45) is 0 Å². The molecule has 1 atom stereocenters. The number of nitrogens with one attached hydrogen (secondary N) is 1. The van der Waals surface area contributed by atoms with Crippen LogP contribution in [0, 0.1) is 13.8 Å². The van der Waals surface area contributed by atoms with E-state index < -0.39 is 15.9 Å². The topological polar surface area (TPSA) is 66.5 Å². The number of carbonyl (C=O) groups excluding carboxylic acids is 1. The molecule has 0 radical (unpaired) electrons. The molecule has 0 saturated carbocycles. The van der Waals surface area contributed by atoms with Crippen LogP contribution in [0.3, 0.4) is 0 Å². The van der Waals surface area contributed by atoms with Gasteiger partial charge in [-0.25, -0.2) is 8.42 Å². The summed E-state index contributed by atoms with van der Waals surface area (Å²) >= 11 is 11.9. The zero-order valence-electron chi connectivity index (χ0n) is 16.3. The molecule has 0 aromatic heterocycles. The summed E-state index contributed by atoms with van der Waals surface area (Å²) < 4.78 is 25.5. The first kappa shape index (κ1) is 22.5. The fourth-order valence-corrected chi connectivity index (χ4v) is 3.95. The highest BCUT2D eigenvalue weighted by Crippen LogP contribution is 2.28. The molecule has 0 bridgehead atoms. The molecule has 1 amide bonds. The number of carbonyl (C=O) groups is 1. The van der Waals surface area contributed by atoms with Crippen molar-refractivity contribution in [1.82, 2.24) is 5.32 Å². The molecule has 0 aliphatic rings. The third kappa shape index (κ3) is 5.63. The van der Waals surface area contributed by atoms with Crippen LogP contribution < -0.4 is 9.62 Å². The highest BCUT2D eigenvalue weighted by Gasteiger charge is 2.23. The average Bonchev–Trinajstić information content (AvgIpc) is 2.61. The zero-order chi connectivity index (χ0) is 21.1. The summed E-state index contributed by atoms with van der Waals surface area (Å²) in [5.74, 6) is -0.401. The standard InChI is InChI=1S/C20H24Cl2N2O3S/c1-5-19(15-7-6-13(2)14(3)10-15)23-20(25)12-24(28(4,26)27)16-8-9-17(21)18(22)11-16/h6-11,19H,5,12H2,1-4H3,(H,23,25)/t19-/m1/s1. The van der Waals surface area contributed by atoms with Crippen molar-refractivity contribution >= 4 is 44.8 Å². The Labute approximate surface area is 176 Å². The van der Waals surface area contributed by atoms with Gasteiger partial charge in [0.1, 0.15) is 6.54 Å². The quantitative estimate of drug-likeness (QED) is 0.678. The minimum absolute atomic E-state index is 0.206. The van der Waals surface area contributed by atoms with Crippen molar-refractivity contribution in [2.75, 3.05) is 17.1 Å². The van der Waals surface area contributed by atoms with E-state index in [9.17, 15) is 13.2 Å². The minimum Gasteiger partial charge on any atom is -0.348 e. The molecular formula is C20H24Cl2N2O3S. The molecule has 2 aromatic carbocycles. The number of hydrogen-bond acceptors (Lipinski definition) is 3. The molecule has 28 heavy (non-hydrogen) atoms. The van der Waals surface area contributed by atoms with Gasteiger partial charge in [-0.05, 0) is 55.2 Å². The summed E-state index contributed by atoms with van der Waals surface area (Å²) in [6, 6.07) is 10.3.